The van der Waals surface area contributed by atoms with E-state index < -0.39 is 11.4 Å². The Bertz CT molecular complexity index is 414. The molecule has 0 heterocycles. The highest BCUT2D eigenvalue weighted by molar-refractivity contribution is 6.67. The van der Waals surface area contributed by atoms with E-state index in [1.165, 1.54) is 24.3 Å². The molecule has 1 aromatic carbocycles. The predicted molar refractivity (Wildman–Crippen MR) is 72.7 cm³/mol. The summed E-state index contributed by atoms with van der Waals surface area (Å²) in [6, 6.07) is 5.96. The normalized spacial score (nSPS) is 10.0. The van der Waals surface area contributed by atoms with Gasteiger partial charge >= 0.3 is 6.16 Å². The van der Waals surface area contributed by atoms with E-state index in [1.807, 2.05) is 0 Å². The first-order valence-corrected chi connectivity index (χ1v) is 6.65. The van der Waals surface area contributed by atoms with Crippen LogP contribution in [0.1, 0.15) is 43.0 Å². The van der Waals surface area contributed by atoms with Gasteiger partial charge in [-0.3, -0.25) is 4.79 Å². The van der Waals surface area contributed by atoms with E-state index >= 15 is 0 Å². The molecule has 0 aliphatic heterocycles. The van der Waals surface area contributed by atoms with E-state index in [1.54, 1.807) is 0 Å². The van der Waals surface area contributed by atoms with Crippen LogP contribution in [0.4, 0.5) is 4.79 Å². The van der Waals surface area contributed by atoms with Gasteiger partial charge < -0.3 is 9.47 Å². The molecule has 1 aromatic rings. The summed E-state index contributed by atoms with van der Waals surface area (Å²) in [4.78, 5) is 22.2. The highest BCUT2D eigenvalue weighted by Gasteiger charge is 2.07. The van der Waals surface area contributed by atoms with Gasteiger partial charge in [-0.15, -0.1) is 0 Å². The van der Waals surface area contributed by atoms with Gasteiger partial charge in [0.2, 0.25) is 0 Å². The van der Waals surface area contributed by atoms with E-state index in [0.29, 0.717) is 17.9 Å². The van der Waals surface area contributed by atoms with Crippen molar-refractivity contribution in [3.8, 4) is 5.75 Å². The van der Waals surface area contributed by atoms with Crippen LogP contribution in [0.15, 0.2) is 24.3 Å². The summed E-state index contributed by atoms with van der Waals surface area (Å²) >= 11 is 5.30. The third-order valence-corrected chi connectivity index (χ3v) is 2.72. The molecule has 0 amide bonds. The number of benzene rings is 1. The second-order valence-electron chi connectivity index (χ2n) is 4.06. The van der Waals surface area contributed by atoms with Crippen molar-refractivity contribution in [3.63, 3.8) is 0 Å². The molecule has 19 heavy (non-hydrogen) atoms. The number of rotatable bonds is 7. The minimum Gasteiger partial charge on any atom is -0.434 e. The van der Waals surface area contributed by atoms with Gasteiger partial charge in [0.25, 0.3) is 5.24 Å². The molecule has 0 unspecified atom stereocenters. The Hall–Kier alpha value is -1.55. The van der Waals surface area contributed by atoms with Gasteiger partial charge in [0.1, 0.15) is 5.75 Å². The third-order valence-electron chi connectivity index (χ3n) is 2.50. The number of ether oxygens (including phenoxy) is 2. The van der Waals surface area contributed by atoms with Crippen molar-refractivity contribution in [1.29, 1.82) is 0 Å². The number of hydrogen-bond donors (Lipinski definition) is 0. The molecule has 0 spiro atoms. The fraction of sp³-hybridized carbons (Fsp3) is 0.429. The summed E-state index contributed by atoms with van der Waals surface area (Å²) in [6.07, 6.45) is 3.41. The first kappa shape index (κ1) is 15.5. The molecule has 5 heteroatoms. The smallest absolute Gasteiger partial charge is 0.434 e. The number of unbranched alkanes of at least 4 members (excludes halogenated alkanes) is 3. The topological polar surface area (TPSA) is 52.6 Å². The van der Waals surface area contributed by atoms with Gasteiger partial charge in [-0.1, -0.05) is 26.2 Å². The van der Waals surface area contributed by atoms with Crippen molar-refractivity contribution in [1.82, 2.24) is 0 Å². The van der Waals surface area contributed by atoms with Crippen molar-refractivity contribution in [2.75, 3.05) is 6.61 Å². The maximum absolute atomic E-state index is 11.3. The quantitative estimate of drug-likeness (QED) is 0.326. The van der Waals surface area contributed by atoms with E-state index in [-0.39, 0.29) is 0 Å². The van der Waals surface area contributed by atoms with E-state index in [0.717, 1.165) is 25.7 Å². The van der Waals surface area contributed by atoms with Crippen molar-refractivity contribution in [2.45, 2.75) is 32.6 Å². The van der Waals surface area contributed by atoms with Crippen LogP contribution in [0.3, 0.4) is 0 Å². The molecule has 0 saturated carbocycles. The molecule has 0 bridgehead atoms. The molecular formula is C14H17ClO4. The second kappa shape index (κ2) is 8.53. The molecule has 0 atom stereocenters. The van der Waals surface area contributed by atoms with E-state index in [2.05, 4.69) is 6.92 Å². The lowest BCUT2D eigenvalue weighted by molar-refractivity contribution is 0.0973. The highest BCUT2D eigenvalue weighted by atomic mass is 35.5. The van der Waals surface area contributed by atoms with Gasteiger partial charge in [-0.2, -0.15) is 0 Å². The summed E-state index contributed by atoms with van der Waals surface area (Å²) in [5.41, 5.74) is 0.349. The van der Waals surface area contributed by atoms with E-state index in [9.17, 15) is 9.59 Å². The van der Waals surface area contributed by atoms with Crippen LogP contribution >= 0.6 is 11.6 Å². The summed E-state index contributed by atoms with van der Waals surface area (Å²) in [5.74, 6) is 0.320. The maximum atomic E-state index is 11.3. The van der Waals surface area contributed by atoms with Gasteiger partial charge in [-0.05, 0) is 42.3 Å². The molecule has 1 rings (SSSR count). The largest absolute Gasteiger partial charge is 0.513 e. The number of carbonyl (C=O) groups excluding carboxylic acids is 2. The Kier molecular flexibility index (Phi) is 6.97. The van der Waals surface area contributed by atoms with Crippen molar-refractivity contribution < 1.29 is 19.1 Å². The molecule has 0 aliphatic rings. The molecule has 4 nitrogen and oxygen atoms in total. The Morgan fingerprint density at radius 3 is 2.37 bits per heavy atom. The molecule has 0 fully saturated rings. The molecule has 104 valence electrons. The molecule has 0 N–H and O–H groups in total. The maximum Gasteiger partial charge on any atom is 0.513 e. The number of hydrogen-bond acceptors (Lipinski definition) is 4. The Morgan fingerprint density at radius 1 is 1.11 bits per heavy atom. The Labute approximate surface area is 117 Å². The second-order valence-corrected chi connectivity index (χ2v) is 4.40. The van der Waals surface area contributed by atoms with E-state index in [4.69, 9.17) is 21.1 Å². The van der Waals surface area contributed by atoms with Crippen molar-refractivity contribution in [3.05, 3.63) is 29.8 Å². The van der Waals surface area contributed by atoms with Crippen molar-refractivity contribution >= 4 is 23.0 Å². The predicted octanol–water partition coefficient (Wildman–Crippen LogP) is 4.16. The SMILES string of the molecule is CCCCCCOC(=O)Oc1ccc(C(=O)Cl)cc1. The van der Waals surface area contributed by atoms with Crippen LogP contribution in [-0.2, 0) is 4.74 Å². The molecule has 0 radical (unpaired) electrons. The summed E-state index contributed by atoms with van der Waals surface area (Å²) < 4.78 is 9.86. The molecule has 0 aliphatic carbocycles. The fourth-order valence-corrected chi connectivity index (χ4v) is 1.59. The zero-order valence-corrected chi connectivity index (χ0v) is 11.6. The zero-order chi connectivity index (χ0) is 14.1. The first-order chi connectivity index (χ1) is 9.13. The molecule has 0 aromatic heterocycles. The summed E-state index contributed by atoms with van der Waals surface area (Å²) in [7, 11) is 0. The monoisotopic (exact) mass is 284 g/mol. The Morgan fingerprint density at radius 2 is 1.79 bits per heavy atom. The summed E-state index contributed by atoms with van der Waals surface area (Å²) in [5, 5.41) is -0.551. The number of carbonyl (C=O) groups is 2. The van der Waals surface area contributed by atoms with Crippen LogP contribution in [0, 0.1) is 0 Å². The molecule has 0 saturated heterocycles. The lowest BCUT2D eigenvalue weighted by Gasteiger charge is -2.05. The van der Waals surface area contributed by atoms with Crippen LogP contribution in [0.5, 0.6) is 5.75 Å². The van der Waals surface area contributed by atoms with Gasteiger partial charge in [0.15, 0.2) is 0 Å². The highest BCUT2D eigenvalue weighted by Crippen LogP contribution is 2.14. The van der Waals surface area contributed by atoms with Gasteiger partial charge in [-0.25, -0.2) is 4.79 Å². The van der Waals surface area contributed by atoms with Crippen LogP contribution in [-0.4, -0.2) is 18.0 Å². The van der Waals surface area contributed by atoms with Gasteiger partial charge in [0, 0.05) is 5.56 Å². The van der Waals surface area contributed by atoms with Gasteiger partial charge in [0.05, 0.1) is 6.61 Å². The van der Waals surface area contributed by atoms with Crippen LogP contribution in [0.2, 0.25) is 0 Å². The third kappa shape index (κ3) is 6.25. The van der Waals surface area contributed by atoms with Crippen LogP contribution < -0.4 is 4.74 Å². The zero-order valence-electron chi connectivity index (χ0n) is 10.9. The lowest BCUT2D eigenvalue weighted by Crippen LogP contribution is -2.11. The lowest BCUT2D eigenvalue weighted by atomic mass is 10.2. The minimum atomic E-state index is -0.735. The average Bonchev–Trinajstić information content (AvgIpc) is 2.39. The molecular weight excluding hydrogens is 268 g/mol. The minimum absolute atomic E-state index is 0.320. The van der Waals surface area contributed by atoms with Crippen molar-refractivity contribution in [2.24, 2.45) is 0 Å². The Balaban J connectivity index is 2.30. The summed E-state index contributed by atoms with van der Waals surface area (Å²) in [6.45, 7) is 2.47. The fourth-order valence-electron chi connectivity index (χ4n) is 1.46. The number of halogens is 1. The standard InChI is InChI=1S/C14H17ClO4/c1-2-3-4-5-10-18-14(17)19-12-8-6-11(7-9-12)13(15)16/h6-9H,2-5,10H2,1H3. The average molecular weight is 285 g/mol. The first-order valence-electron chi connectivity index (χ1n) is 6.28. The van der Waals surface area contributed by atoms with Crippen LogP contribution in [0.25, 0.3) is 0 Å².